The maximum Gasteiger partial charge on any atom is 0.191 e. The first kappa shape index (κ1) is 10.9. The maximum absolute atomic E-state index is 5.86. The molecule has 1 aliphatic carbocycles. The number of thiazole rings is 1. The summed E-state index contributed by atoms with van der Waals surface area (Å²) in [7, 11) is 0. The van der Waals surface area contributed by atoms with E-state index in [1.807, 2.05) is 0 Å². The molecule has 2 aromatic heterocycles. The Hall–Kier alpha value is -1.24. The van der Waals surface area contributed by atoms with Crippen molar-refractivity contribution in [2.24, 2.45) is 5.84 Å². The second kappa shape index (κ2) is 4.21. The third-order valence-electron chi connectivity index (χ3n) is 2.74. The van der Waals surface area contributed by atoms with E-state index in [0.29, 0.717) is 16.0 Å². The molecule has 7 heteroatoms. The Labute approximate surface area is 107 Å². The van der Waals surface area contributed by atoms with Crippen molar-refractivity contribution in [2.45, 2.75) is 19.3 Å². The number of hydrogen-bond donors (Lipinski definition) is 2. The van der Waals surface area contributed by atoms with Crippen LogP contribution >= 0.6 is 22.9 Å². The van der Waals surface area contributed by atoms with Crippen LogP contribution in [0.4, 0.5) is 5.82 Å². The molecular formula is C10H10ClN5S. The number of rotatable bonds is 2. The molecule has 0 atom stereocenters. The van der Waals surface area contributed by atoms with E-state index in [1.165, 1.54) is 11.3 Å². The van der Waals surface area contributed by atoms with Crippen LogP contribution < -0.4 is 11.3 Å². The quantitative estimate of drug-likeness (QED) is 0.643. The second-order valence-electron chi connectivity index (χ2n) is 3.79. The van der Waals surface area contributed by atoms with E-state index in [9.17, 15) is 0 Å². The molecule has 0 saturated heterocycles. The monoisotopic (exact) mass is 267 g/mol. The number of nitrogen functional groups attached to an aromatic ring is 1. The van der Waals surface area contributed by atoms with Gasteiger partial charge in [-0.25, -0.2) is 20.8 Å². The number of nitrogens with two attached hydrogens (primary N) is 1. The van der Waals surface area contributed by atoms with Crippen molar-refractivity contribution in [2.75, 3.05) is 5.43 Å². The largest absolute Gasteiger partial charge is 0.308 e. The summed E-state index contributed by atoms with van der Waals surface area (Å²) >= 11 is 7.23. The zero-order chi connectivity index (χ0) is 11.8. The Kier molecular flexibility index (Phi) is 2.70. The number of fused-ring (bicyclic) bond motifs is 1. The highest BCUT2D eigenvalue weighted by molar-refractivity contribution is 7.18. The molecule has 0 aliphatic heterocycles. The van der Waals surface area contributed by atoms with Crippen LogP contribution in [0.25, 0.3) is 10.8 Å². The van der Waals surface area contributed by atoms with E-state index in [2.05, 4.69) is 20.4 Å². The fraction of sp³-hybridized carbons (Fsp3) is 0.300. The fourth-order valence-electron chi connectivity index (χ4n) is 2.01. The van der Waals surface area contributed by atoms with Crippen molar-refractivity contribution in [3.63, 3.8) is 0 Å². The Balaban J connectivity index is 2.12. The number of nitrogens with one attached hydrogen (secondary N) is 1. The van der Waals surface area contributed by atoms with Crippen molar-refractivity contribution in [1.29, 1.82) is 0 Å². The zero-order valence-electron chi connectivity index (χ0n) is 8.90. The van der Waals surface area contributed by atoms with E-state index >= 15 is 0 Å². The van der Waals surface area contributed by atoms with Crippen molar-refractivity contribution in [1.82, 2.24) is 15.0 Å². The molecule has 1 aliphatic rings. The average Bonchev–Trinajstić information content (AvgIpc) is 2.95. The van der Waals surface area contributed by atoms with Gasteiger partial charge in [0.25, 0.3) is 0 Å². The molecule has 0 bridgehead atoms. The fourth-order valence-corrected chi connectivity index (χ4v) is 2.85. The SMILES string of the molecule is NNc1nc(-c2ncc(Cl)s2)nc2c1CCC2. The smallest absolute Gasteiger partial charge is 0.191 e. The van der Waals surface area contributed by atoms with E-state index in [-0.39, 0.29) is 0 Å². The molecule has 0 aromatic carbocycles. The number of halogens is 1. The number of hydrogen-bond acceptors (Lipinski definition) is 6. The van der Waals surface area contributed by atoms with Crippen molar-refractivity contribution in [3.8, 4) is 10.8 Å². The summed E-state index contributed by atoms with van der Waals surface area (Å²) in [5.41, 5.74) is 4.83. The van der Waals surface area contributed by atoms with Gasteiger partial charge in [-0.05, 0) is 19.3 Å². The first-order valence-corrected chi connectivity index (χ1v) is 6.45. The van der Waals surface area contributed by atoms with Gasteiger partial charge in [0, 0.05) is 11.3 Å². The molecular weight excluding hydrogens is 258 g/mol. The molecule has 0 unspecified atom stereocenters. The molecule has 3 rings (SSSR count). The Morgan fingerprint density at radius 1 is 1.35 bits per heavy atom. The molecule has 88 valence electrons. The number of aryl methyl sites for hydroxylation is 1. The summed E-state index contributed by atoms with van der Waals surface area (Å²) in [6, 6.07) is 0. The summed E-state index contributed by atoms with van der Waals surface area (Å²) in [6.45, 7) is 0. The average molecular weight is 268 g/mol. The molecule has 17 heavy (non-hydrogen) atoms. The van der Waals surface area contributed by atoms with Gasteiger partial charge in [0.15, 0.2) is 10.8 Å². The predicted octanol–water partition coefficient (Wildman–Crippen LogP) is 2.03. The lowest BCUT2D eigenvalue weighted by Crippen LogP contribution is -2.12. The minimum atomic E-state index is 0.593. The van der Waals surface area contributed by atoms with Gasteiger partial charge in [-0.1, -0.05) is 22.9 Å². The molecule has 2 aromatic rings. The van der Waals surface area contributed by atoms with Gasteiger partial charge in [-0.15, -0.1) is 0 Å². The van der Waals surface area contributed by atoms with Gasteiger partial charge < -0.3 is 5.43 Å². The lowest BCUT2D eigenvalue weighted by molar-refractivity contribution is 0.900. The molecule has 2 heterocycles. The molecule has 0 radical (unpaired) electrons. The van der Waals surface area contributed by atoms with E-state index < -0.39 is 0 Å². The normalized spacial score (nSPS) is 13.8. The van der Waals surface area contributed by atoms with Gasteiger partial charge in [-0.2, -0.15) is 0 Å². The van der Waals surface area contributed by atoms with E-state index in [4.69, 9.17) is 17.4 Å². The highest BCUT2D eigenvalue weighted by atomic mass is 35.5. The Morgan fingerprint density at radius 3 is 2.94 bits per heavy atom. The van der Waals surface area contributed by atoms with Crippen molar-refractivity contribution >= 4 is 28.8 Å². The lowest BCUT2D eigenvalue weighted by Gasteiger charge is -2.07. The zero-order valence-corrected chi connectivity index (χ0v) is 10.5. The van der Waals surface area contributed by atoms with Gasteiger partial charge in [0.1, 0.15) is 10.2 Å². The third-order valence-corrected chi connectivity index (χ3v) is 3.85. The number of aromatic nitrogens is 3. The minimum Gasteiger partial charge on any atom is -0.308 e. The summed E-state index contributed by atoms with van der Waals surface area (Å²) in [5.74, 6) is 6.79. The minimum absolute atomic E-state index is 0.593. The van der Waals surface area contributed by atoms with Crippen LogP contribution in [0.3, 0.4) is 0 Å². The van der Waals surface area contributed by atoms with Crippen molar-refractivity contribution in [3.05, 3.63) is 21.8 Å². The first-order chi connectivity index (χ1) is 8.28. The van der Waals surface area contributed by atoms with Gasteiger partial charge >= 0.3 is 0 Å². The van der Waals surface area contributed by atoms with Gasteiger partial charge in [0.05, 0.1) is 6.20 Å². The summed E-state index contributed by atoms with van der Waals surface area (Å²) in [5, 5.41) is 0.723. The molecule has 0 saturated carbocycles. The predicted molar refractivity (Wildman–Crippen MR) is 68.0 cm³/mol. The molecule has 3 N–H and O–H groups in total. The van der Waals surface area contributed by atoms with E-state index in [1.54, 1.807) is 6.20 Å². The third kappa shape index (κ3) is 1.88. The lowest BCUT2D eigenvalue weighted by atomic mass is 10.2. The molecule has 5 nitrogen and oxygen atoms in total. The Bertz CT molecular complexity index is 568. The van der Waals surface area contributed by atoms with Crippen LogP contribution in [0.5, 0.6) is 0 Å². The van der Waals surface area contributed by atoms with Crippen LogP contribution in [-0.4, -0.2) is 15.0 Å². The number of hydrazine groups is 1. The second-order valence-corrected chi connectivity index (χ2v) is 5.45. The Morgan fingerprint density at radius 2 is 2.24 bits per heavy atom. The van der Waals surface area contributed by atoms with Crippen LogP contribution in [0.1, 0.15) is 17.7 Å². The van der Waals surface area contributed by atoms with Crippen LogP contribution in [0, 0.1) is 0 Å². The first-order valence-electron chi connectivity index (χ1n) is 5.26. The summed E-state index contributed by atoms with van der Waals surface area (Å²) in [4.78, 5) is 13.1. The molecule has 0 spiro atoms. The highest BCUT2D eigenvalue weighted by Crippen LogP contribution is 2.31. The highest BCUT2D eigenvalue weighted by Gasteiger charge is 2.20. The number of anilines is 1. The van der Waals surface area contributed by atoms with Gasteiger partial charge in [-0.3, -0.25) is 0 Å². The van der Waals surface area contributed by atoms with Crippen LogP contribution in [0.15, 0.2) is 6.20 Å². The summed E-state index contributed by atoms with van der Waals surface area (Å²) < 4.78 is 0.631. The molecule has 0 fully saturated rings. The van der Waals surface area contributed by atoms with Crippen LogP contribution in [0.2, 0.25) is 4.34 Å². The number of nitrogens with zero attached hydrogens (tertiary/aromatic N) is 3. The summed E-state index contributed by atoms with van der Waals surface area (Å²) in [6.07, 6.45) is 4.65. The topological polar surface area (TPSA) is 76.7 Å². The van der Waals surface area contributed by atoms with Gasteiger partial charge in [0.2, 0.25) is 0 Å². The standard InChI is InChI=1S/C10H10ClN5S/c11-7-4-13-10(17-7)9-14-6-3-1-2-5(6)8(15-9)16-12/h4H,1-3,12H2,(H,14,15,16). The van der Waals surface area contributed by atoms with E-state index in [0.717, 1.165) is 35.5 Å². The maximum atomic E-state index is 5.86. The van der Waals surface area contributed by atoms with Crippen molar-refractivity contribution < 1.29 is 0 Å². The van der Waals surface area contributed by atoms with Crippen LogP contribution in [-0.2, 0) is 12.8 Å². The molecule has 0 amide bonds.